The van der Waals surface area contributed by atoms with E-state index >= 15 is 0 Å². The third-order valence-electron chi connectivity index (χ3n) is 3.13. The van der Waals surface area contributed by atoms with Gasteiger partial charge in [0.25, 0.3) is 0 Å². The number of imide groups is 1. The Balaban J connectivity index is 2.06. The lowest BCUT2D eigenvalue weighted by Crippen LogP contribution is -2.49. The van der Waals surface area contributed by atoms with Crippen LogP contribution < -0.4 is 10.2 Å². The first kappa shape index (κ1) is 12.2. The third-order valence-corrected chi connectivity index (χ3v) is 3.13. The number of benzene rings is 1. The molecule has 0 unspecified atom stereocenters. The average Bonchev–Trinajstić information content (AvgIpc) is 2.46. The fourth-order valence-corrected chi connectivity index (χ4v) is 2.14. The van der Waals surface area contributed by atoms with Crippen LogP contribution in [0.15, 0.2) is 24.5 Å². The highest BCUT2D eigenvalue weighted by molar-refractivity contribution is 6.06. The number of carbonyl (C=O) groups excluding carboxylic acids is 3. The fraction of sp³-hybridized carbons (Fsp3) is 0.154. The zero-order chi connectivity index (χ0) is 14.1. The second-order valence-corrected chi connectivity index (χ2v) is 4.33. The molecule has 1 saturated heterocycles. The summed E-state index contributed by atoms with van der Waals surface area (Å²) in [4.78, 5) is 43.3. The predicted octanol–water partition coefficient (Wildman–Crippen LogP) is 0.889. The van der Waals surface area contributed by atoms with Gasteiger partial charge in [-0.25, -0.2) is 14.8 Å². The lowest BCUT2D eigenvalue weighted by molar-refractivity contribution is -0.120. The van der Waals surface area contributed by atoms with Crippen LogP contribution in [0.1, 0.15) is 16.9 Å². The molecule has 1 aliphatic heterocycles. The summed E-state index contributed by atoms with van der Waals surface area (Å²) in [5.74, 6) is -0.288. The number of fused-ring (bicyclic) bond motifs is 1. The van der Waals surface area contributed by atoms with E-state index in [1.807, 2.05) is 0 Å². The molecule has 2 aromatic rings. The molecule has 0 aliphatic carbocycles. The summed E-state index contributed by atoms with van der Waals surface area (Å²) in [7, 11) is 0. The lowest BCUT2D eigenvalue weighted by atomic mass is 10.1. The molecular weight excluding hydrogens is 260 g/mol. The molecule has 7 heteroatoms. The zero-order valence-electron chi connectivity index (χ0n) is 10.4. The Hall–Kier alpha value is -2.83. The summed E-state index contributed by atoms with van der Waals surface area (Å²) in [5.41, 5.74) is 1.49. The third kappa shape index (κ3) is 1.99. The molecule has 100 valence electrons. The van der Waals surface area contributed by atoms with Crippen molar-refractivity contribution >= 4 is 34.8 Å². The summed E-state index contributed by atoms with van der Waals surface area (Å²) >= 11 is 0. The van der Waals surface area contributed by atoms with Gasteiger partial charge in [-0.15, -0.1) is 0 Å². The van der Waals surface area contributed by atoms with Gasteiger partial charge in [0.05, 0.1) is 5.52 Å². The summed E-state index contributed by atoms with van der Waals surface area (Å²) < 4.78 is 0. The first-order chi connectivity index (χ1) is 9.69. The number of rotatable bonds is 2. The van der Waals surface area contributed by atoms with Crippen LogP contribution in [0, 0.1) is 0 Å². The number of aromatic nitrogens is 2. The minimum absolute atomic E-state index is 0.246. The van der Waals surface area contributed by atoms with E-state index in [0.717, 1.165) is 0 Å². The first-order valence-electron chi connectivity index (χ1n) is 6.00. The molecule has 1 N–H and O–H groups in total. The van der Waals surface area contributed by atoms with E-state index < -0.39 is 6.03 Å². The van der Waals surface area contributed by atoms with Crippen molar-refractivity contribution in [2.24, 2.45) is 0 Å². The van der Waals surface area contributed by atoms with Gasteiger partial charge < -0.3 is 0 Å². The van der Waals surface area contributed by atoms with Gasteiger partial charge in [-0.1, -0.05) is 0 Å². The molecule has 1 aromatic carbocycles. The molecule has 3 amide bonds. The number of anilines is 1. The second-order valence-electron chi connectivity index (χ2n) is 4.33. The van der Waals surface area contributed by atoms with E-state index in [0.29, 0.717) is 29.4 Å². The van der Waals surface area contributed by atoms with E-state index in [2.05, 4.69) is 15.3 Å². The van der Waals surface area contributed by atoms with Crippen LogP contribution in [0.4, 0.5) is 10.5 Å². The lowest BCUT2D eigenvalue weighted by Gasteiger charge is -2.26. The standard InChI is InChI=1S/C13H10N4O3/c18-6-11-9-5-8(1-2-10(9)14-7-15-11)17-4-3-12(19)16-13(17)20/h1-2,5-7H,3-4H2,(H,16,19,20). The van der Waals surface area contributed by atoms with Crippen molar-refractivity contribution in [3.63, 3.8) is 0 Å². The highest BCUT2D eigenvalue weighted by Crippen LogP contribution is 2.23. The Kier molecular flexibility index (Phi) is 2.86. The van der Waals surface area contributed by atoms with Gasteiger partial charge in [0.2, 0.25) is 5.91 Å². The molecule has 3 rings (SSSR count). The minimum atomic E-state index is -0.467. The molecule has 1 aliphatic rings. The van der Waals surface area contributed by atoms with Crippen molar-refractivity contribution in [3.8, 4) is 0 Å². The number of hydrogen-bond donors (Lipinski definition) is 1. The van der Waals surface area contributed by atoms with E-state index in [1.165, 1.54) is 11.2 Å². The molecule has 1 fully saturated rings. The number of carbonyl (C=O) groups is 3. The van der Waals surface area contributed by atoms with Gasteiger partial charge in [-0.3, -0.25) is 19.8 Å². The topological polar surface area (TPSA) is 92.3 Å². The first-order valence-corrected chi connectivity index (χ1v) is 6.00. The SMILES string of the molecule is O=Cc1ncnc2ccc(N3CCC(=O)NC3=O)cc12. The van der Waals surface area contributed by atoms with Crippen LogP contribution >= 0.6 is 0 Å². The molecule has 20 heavy (non-hydrogen) atoms. The van der Waals surface area contributed by atoms with Crippen LogP contribution in [0.2, 0.25) is 0 Å². The molecule has 2 heterocycles. The Morgan fingerprint density at radius 1 is 1.25 bits per heavy atom. The molecule has 7 nitrogen and oxygen atoms in total. The quantitative estimate of drug-likeness (QED) is 0.818. The summed E-state index contributed by atoms with van der Waals surface area (Å²) in [6, 6.07) is 4.64. The van der Waals surface area contributed by atoms with Crippen LogP contribution in [0.25, 0.3) is 10.9 Å². The smallest absolute Gasteiger partial charge is 0.296 e. The molecule has 1 aromatic heterocycles. The summed E-state index contributed by atoms with van der Waals surface area (Å²) in [6.07, 6.45) is 2.21. The van der Waals surface area contributed by atoms with Crippen molar-refractivity contribution in [2.75, 3.05) is 11.4 Å². The van der Waals surface area contributed by atoms with E-state index in [1.54, 1.807) is 18.2 Å². The Bertz CT molecular complexity index is 729. The average molecular weight is 270 g/mol. The molecule has 0 atom stereocenters. The molecule has 0 radical (unpaired) electrons. The van der Waals surface area contributed by atoms with Crippen molar-refractivity contribution in [2.45, 2.75) is 6.42 Å². The Morgan fingerprint density at radius 2 is 2.10 bits per heavy atom. The summed E-state index contributed by atoms with van der Waals surface area (Å²) in [5, 5.41) is 2.83. The monoisotopic (exact) mass is 270 g/mol. The maximum atomic E-state index is 11.8. The molecule has 0 bridgehead atoms. The van der Waals surface area contributed by atoms with Crippen LogP contribution in [-0.2, 0) is 4.79 Å². The number of urea groups is 1. The fourth-order valence-electron chi connectivity index (χ4n) is 2.14. The van der Waals surface area contributed by atoms with Crippen molar-refractivity contribution < 1.29 is 14.4 Å². The van der Waals surface area contributed by atoms with E-state index in [4.69, 9.17) is 0 Å². The van der Waals surface area contributed by atoms with E-state index in [9.17, 15) is 14.4 Å². The van der Waals surface area contributed by atoms with Gasteiger partial charge in [0.15, 0.2) is 6.29 Å². The van der Waals surface area contributed by atoms with Gasteiger partial charge in [-0.05, 0) is 18.2 Å². The van der Waals surface area contributed by atoms with Crippen molar-refractivity contribution in [3.05, 3.63) is 30.2 Å². The molecule has 0 saturated carbocycles. The number of amides is 3. The van der Waals surface area contributed by atoms with Gasteiger partial charge in [0.1, 0.15) is 12.0 Å². The number of hydrogen-bond acceptors (Lipinski definition) is 5. The highest BCUT2D eigenvalue weighted by atomic mass is 16.2. The predicted molar refractivity (Wildman–Crippen MR) is 70.4 cm³/mol. The number of nitrogens with one attached hydrogen (secondary N) is 1. The Morgan fingerprint density at radius 3 is 2.85 bits per heavy atom. The molecule has 0 spiro atoms. The largest absolute Gasteiger partial charge is 0.328 e. The maximum absolute atomic E-state index is 11.8. The van der Waals surface area contributed by atoms with Crippen LogP contribution in [0.5, 0.6) is 0 Å². The summed E-state index contributed by atoms with van der Waals surface area (Å²) in [6.45, 7) is 0.306. The zero-order valence-corrected chi connectivity index (χ0v) is 10.4. The number of aldehydes is 1. The van der Waals surface area contributed by atoms with Crippen molar-refractivity contribution in [1.29, 1.82) is 0 Å². The van der Waals surface area contributed by atoms with Gasteiger partial charge >= 0.3 is 6.03 Å². The minimum Gasteiger partial charge on any atom is -0.296 e. The van der Waals surface area contributed by atoms with Crippen molar-refractivity contribution in [1.82, 2.24) is 15.3 Å². The Labute approximate surface area is 113 Å². The van der Waals surface area contributed by atoms with Crippen LogP contribution in [0.3, 0.4) is 0 Å². The van der Waals surface area contributed by atoms with Crippen LogP contribution in [-0.4, -0.2) is 34.7 Å². The normalized spacial score (nSPS) is 15.3. The number of nitrogens with zero attached hydrogens (tertiary/aromatic N) is 3. The second kappa shape index (κ2) is 4.69. The maximum Gasteiger partial charge on any atom is 0.328 e. The van der Waals surface area contributed by atoms with E-state index in [-0.39, 0.29) is 18.0 Å². The van der Waals surface area contributed by atoms with Gasteiger partial charge in [-0.2, -0.15) is 0 Å². The highest BCUT2D eigenvalue weighted by Gasteiger charge is 2.24. The molecular formula is C13H10N4O3. The van der Waals surface area contributed by atoms with Gasteiger partial charge in [0, 0.05) is 24.0 Å².